The van der Waals surface area contributed by atoms with Crippen molar-refractivity contribution in [1.29, 1.82) is 0 Å². The molecule has 0 bridgehead atoms. The summed E-state index contributed by atoms with van der Waals surface area (Å²) in [5.41, 5.74) is 6.17. The summed E-state index contributed by atoms with van der Waals surface area (Å²) in [5, 5.41) is 0. The Morgan fingerprint density at radius 2 is 1.75 bits per heavy atom. The summed E-state index contributed by atoms with van der Waals surface area (Å²) in [4.78, 5) is 0. The Balaban J connectivity index is 0.00000200. The third-order valence-corrected chi connectivity index (χ3v) is 2.80. The fourth-order valence-corrected chi connectivity index (χ4v) is 1.78. The van der Waals surface area contributed by atoms with E-state index in [2.05, 4.69) is 0 Å². The lowest BCUT2D eigenvalue weighted by atomic mass is 10.0. The highest BCUT2D eigenvalue weighted by Gasteiger charge is 2.12. The molecule has 0 saturated carbocycles. The van der Waals surface area contributed by atoms with Crippen molar-refractivity contribution in [2.45, 2.75) is 12.5 Å². The van der Waals surface area contributed by atoms with E-state index in [1.54, 1.807) is 0 Å². The van der Waals surface area contributed by atoms with E-state index in [0.29, 0.717) is 18.6 Å². The van der Waals surface area contributed by atoms with Crippen molar-refractivity contribution in [3.8, 4) is 5.75 Å². The number of hydrogen-bond acceptors (Lipinski definition) is 2. The minimum absolute atomic E-state index is 0. The topological polar surface area (TPSA) is 35.2 Å². The first kappa shape index (κ1) is 16.4. The van der Waals surface area contributed by atoms with Gasteiger partial charge in [-0.2, -0.15) is 0 Å². The summed E-state index contributed by atoms with van der Waals surface area (Å²) in [7, 11) is 0. The first-order chi connectivity index (χ1) is 9.16. The zero-order chi connectivity index (χ0) is 13.7. The van der Waals surface area contributed by atoms with Gasteiger partial charge in [0.15, 0.2) is 0 Å². The van der Waals surface area contributed by atoms with Crippen molar-refractivity contribution in [3.05, 3.63) is 65.7 Å². The quantitative estimate of drug-likeness (QED) is 0.910. The van der Waals surface area contributed by atoms with Crippen LogP contribution in [0.25, 0.3) is 0 Å². The molecule has 0 aromatic heterocycles. The average Bonchev–Trinajstić information content (AvgIpc) is 2.39. The van der Waals surface area contributed by atoms with Crippen LogP contribution in [-0.2, 0) is 0 Å². The molecule has 0 aliphatic rings. The predicted molar refractivity (Wildman–Crippen MR) is 77.1 cm³/mol. The van der Waals surface area contributed by atoms with Crippen LogP contribution in [0.3, 0.4) is 0 Å². The Kier molecular flexibility index (Phi) is 6.42. The van der Waals surface area contributed by atoms with Crippen LogP contribution in [0.5, 0.6) is 5.75 Å². The molecule has 0 aliphatic carbocycles. The molecular formula is C15H16ClF2NO. The summed E-state index contributed by atoms with van der Waals surface area (Å²) in [6.45, 7) is 0.377. The first-order valence-corrected chi connectivity index (χ1v) is 6.05. The molecule has 2 N–H and O–H groups in total. The minimum atomic E-state index is -0.618. The van der Waals surface area contributed by atoms with E-state index in [9.17, 15) is 8.78 Å². The lowest BCUT2D eigenvalue weighted by molar-refractivity contribution is 0.297. The normalized spacial score (nSPS) is 11.6. The van der Waals surface area contributed by atoms with Gasteiger partial charge in [0.1, 0.15) is 17.4 Å². The molecule has 2 aromatic rings. The van der Waals surface area contributed by atoms with Gasteiger partial charge in [0.25, 0.3) is 0 Å². The summed E-state index contributed by atoms with van der Waals surface area (Å²) in [5.74, 6) is -0.476. The monoisotopic (exact) mass is 299 g/mol. The maximum absolute atomic E-state index is 13.5. The zero-order valence-corrected chi connectivity index (χ0v) is 11.6. The highest BCUT2D eigenvalue weighted by atomic mass is 35.5. The number of ether oxygens (including phenoxy) is 1. The molecule has 0 aliphatic heterocycles. The first-order valence-electron chi connectivity index (χ1n) is 6.05. The van der Waals surface area contributed by atoms with Gasteiger partial charge in [0.05, 0.1) is 6.61 Å². The van der Waals surface area contributed by atoms with E-state index in [-0.39, 0.29) is 12.4 Å². The zero-order valence-electron chi connectivity index (χ0n) is 10.8. The van der Waals surface area contributed by atoms with Crippen LogP contribution in [0.15, 0.2) is 48.5 Å². The van der Waals surface area contributed by atoms with E-state index >= 15 is 0 Å². The molecule has 2 aromatic carbocycles. The highest BCUT2D eigenvalue weighted by Crippen LogP contribution is 2.19. The van der Waals surface area contributed by atoms with Gasteiger partial charge < -0.3 is 10.5 Å². The number of benzene rings is 2. The molecule has 0 amide bonds. The Morgan fingerprint density at radius 1 is 1.05 bits per heavy atom. The van der Waals surface area contributed by atoms with Gasteiger partial charge in [-0.15, -0.1) is 12.4 Å². The number of halogens is 3. The standard InChI is InChI=1S/C15H15F2NO.ClH/c16-11-6-7-13(14(17)10-11)15(18)8-9-19-12-4-2-1-3-5-12;/h1-7,10,15H,8-9,18H2;1H. The molecule has 108 valence electrons. The van der Waals surface area contributed by atoms with Crippen LogP contribution in [0.1, 0.15) is 18.0 Å². The lowest BCUT2D eigenvalue weighted by Crippen LogP contribution is -2.15. The van der Waals surface area contributed by atoms with E-state index in [1.807, 2.05) is 30.3 Å². The Bertz CT molecular complexity index is 537. The maximum Gasteiger partial charge on any atom is 0.130 e. The molecule has 0 saturated heterocycles. The smallest absolute Gasteiger partial charge is 0.130 e. The second-order valence-corrected chi connectivity index (χ2v) is 4.22. The van der Waals surface area contributed by atoms with Gasteiger partial charge in [-0.05, 0) is 18.2 Å². The van der Waals surface area contributed by atoms with Crippen LogP contribution < -0.4 is 10.5 Å². The number of para-hydroxylation sites is 1. The van der Waals surface area contributed by atoms with Gasteiger partial charge in [-0.1, -0.05) is 24.3 Å². The number of nitrogens with two attached hydrogens (primary N) is 1. The third-order valence-electron chi connectivity index (χ3n) is 2.80. The molecule has 0 fully saturated rings. The van der Waals surface area contributed by atoms with Crippen molar-refractivity contribution in [1.82, 2.24) is 0 Å². The summed E-state index contributed by atoms with van der Waals surface area (Å²) in [6.07, 6.45) is 0.456. The molecule has 2 rings (SSSR count). The number of rotatable bonds is 5. The maximum atomic E-state index is 13.5. The summed E-state index contributed by atoms with van der Waals surface area (Å²) in [6, 6.07) is 12.2. The van der Waals surface area contributed by atoms with Gasteiger partial charge >= 0.3 is 0 Å². The average molecular weight is 300 g/mol. The molecule has 1 unspecified atom stereocenters. The van der Waals surface area contributed by atoms with E-state index in [4.69, 9.17) is 10.5 Å². The van der Waals surface area contributed by atoms with Gasteiger partial charge in [-0.25, -0.2) is 8.78 Å². The van der Waals surface area contributed by atoms with Crippen LogP contribution in [0.4, 0.5) is 8.78 Å². The molecule has 0 spiro atoms. The van der Waals surface area contributed by atoms with E-state index in [0.717, 1.165) is 11.8 Å². The van der Waals surface area contributed by atoms with Gasteiger partial charge in [-0.3, -0.25) is 0 Å². The summed E-state index contributed by atoms with van der Waals surface area (Å²) >= 11 is 0. The van der Waals surface area contributed by atoms with Gasteiger partial charge in [0, 0.05) is 24.1 Å². The molecular weight excluding hydrogens is 284 g/mol. The van der Waals surface area contributed by atoms with Crippen molar-refractivity contribution in [3.63, 3.8) is 0 Å². The van der Waals surface area contributed by atoms with Crippen LogP contribution in [0.2, 0.25) is 0 Å². The van der Waals surface area contributed by atoms with Crippen molar-refractivity contribution < 1.29 is 13.5 Å². The molecule has 1 atom stereocenters. The predicted octanol–water partition coefficient (Wildman–Crippen LogP) is 3.86. The second-order valence-electron chi connectivity index (χ2n) is 4.22. The highest BCUT2D eigenvalue weighted by molar-refractivity contribution is 5.85. The van der Waals surface area contributed by atoms with Crippen molar-refractivity contribution >= 4 is 12.4 Å². The third kappa shape index (κ3) is 4.47. The van der Waals surface area contributed by atoms with Crippen LogP contribution in [0, 0.1) is 11.6 Å². The second kappa shape index (κ2) is 7.82. The SMILES string of the molecule is Cl.NC(CCOc1ccccc1)c1ccc(F)cc1F. The fraction of sp³-hybridized carbons (Fsp3) is 0.200. The molecule has 0 radical (unpaired) electrons. The fourth-order valence-electron chi connectivity index (χ4n) is 1.78. The van der Waals surface area contributed by atoms with E-state index < -0.39 is 17.7 Å². The molecule has 2 nitrogen and oxygen atoms in total. The summed E-state index contributed by atoms with van der Waals surface area (Å²) < 4.78 is 31.8. The Labute approximate surface area is 123 Å². The van der Waals surface area contributed by atoms with Crippen molar-refractivity contribution in [2.75, 3.05) is 6.61 Å². The van der Waals surface area contributed by atoms with Crippen molar-refractivity contribution in [2.24, 2.45) is 5.73 Å². The van der Waals surface area contributed by atoms with E-state index in [1.165, 1.54) is 12.1 Å². The lowest BCUT2D eigenvalue weighted by Gasteiger charge is -2.13. The van der Waals surface area contributed by atoms with Crippen LogP contribution in [-0.4, -0.2) is 6.61 Å². The molecule has 0 heterocycles. The van der Waals surface area contributed by atoms with Gasteiger partial charge in [0.2, 0.25) is 0 Å². The minimum Gasteiger partial charge on any atom is -0.494 e. The largest absolute Gasteiger partial charge is 0.494 e. The Morgan fingerprint density at radius 3 is 2.40 bits per heavy atom. The number of hydrogen-bond donors (Lipinski definition) is 1. The Hall–Kier alpha value is -1.65. The molecule has 5 heteroatoms. The van der Waals surface area contributed by atoms with Crippen LogP contribution >= 0.6 is 12.4 Å². The molecule has 20 heavy (non-hydrogen) atoms.